The fraction of sp³-hybridized carbons (Fsp3) is 0.556. The number of hydrogen-bond acceptors (Lipinski definition) is 6. The quantitative estimate of drug-likeness (QED) is 0.728. The summed E-state index contributed by atoms with van der Waals surface area (Å²) < 4.78 is 1.42. The lowest BCUT2D eigenvalue weighted by Gasteiger charge is -2.33. The van der Waals surface area contributed by atoms with Crippen LogP contribution >= 0.6 is 11.3 Å². The smallest absolute Gasteiger partial charge is 0.305 e. The van der Waals surface area contributed by atoms with E-state index in [1.165, 1.54) is 15.7 Å². The number of thiazole rings is 1. The SMILES string of the molecule is CC(C)(C)C1CCc2c(sc3nc(O)c(C(=O)NCCC(=O)O)c(=O)n23)C1. The number of hydrogen-bond donors (Lipinski definition) is 3. The molecule has 1 unspecified atom stereocenters. The average Bonchev–Trinajstić information content (AvgIpc) is 2.90. The van der Waals surface area contributed by atoms with Crippen LogP contribution in [0.4, 0.5) is 0 Å². The van der Waals surface area contributed by atoms with E-state index in [-0.39, 0.29) is 18.4 Å². The number of aromatic nitrogens is 2. The first-order valence-corrected chi connectivity index (χ1v) is 9.67. The number of carbonyl (C=O) groups is 2. The van der Waals surface area contributed by atoms with Gasteiger partial charge in [0.15, 0.2) is 10.5 Å². The number of nitrogens with zero attached hydrogens (tertiary/aromatic N) is 2. The highest BCUT2D eigenvalue weighted by molar-refractivity contribution is 7.17. The largest absolute Gasteiger partial charge is 0.492 e. The van der Waals surface area contributed by atoms with Gasteiger partial charge in [0.2, 0.25) is 5.88 Å². The first kappa shape index (κ1) is 19.3. The Bertz CT molecular complexity index is 970. The molecule has 2 aromatic rings. The van der Waals surface area contributed by atoms with Crippen molar-refractivity contribution in [1.82, 2.24) is 14.7 Å². The van der Waals surface area contributed by atoms with Gasteiger partial charge in [-0.3, -0.25) is 18.8 Å². The van der Waals surface area contributed by atoms with E-state index in [9.17, 15) is 19.5 Å². The number of carboxylic acids is 1. The fourth-order valence-corrected chi connectivity index (χ4v) is 4.68. The summed E-state index contributed by atoms with van der Waals surface area (Å²) >= 11 is 1.37. The zero-order valence-corrected chi connectivity index (χ0v) is 16.4. The van der Waals surface area contributed by atoms with Crippen LogP contribution in [0.5, 0.6) is 5.88 Å². The van der Waals surface area contributed by atoms with E-state index >= 15 is 0 Å². The highest BCUT2D eigenvalue weighted by Crippen LogP contribution is 2.39. The molecule has 3 N–H and O–H groups in total. The molecule has 1 aliphatic carbocycles. The maximum absolute atomic E-state index is 12.9. The molecule has 0 aromatic carbocycles. The molecule has 0 saturated carbocycles. The van der Waals surface area contributed by atoms with Crippen LogP contribution in [0.25, 0.3) is 4.96 Å². The van der Waals surface area contributed by atoms with Crippen LogP contribution < -0.4 is 10.9 Å². The summed E-state index contributed by atoms with van der Waals surface area (Å²) in [4.78, 5) is 41.2. The lowest BCUT2D eigenvalue weighted by Crippen LogP contribution is -2.34. The van der Waals surface area contributed by atoms with Crippen LogP contribution in [0.1, 0.15) is 54.5 Å². The van der Waals surface area contributed by atoms with Gasteiger partial charge in [-0.2, -0.15) is 4.98 Å². The van der Waals surface area contributed by atoms with E-state index in [1.54, 1.807) is 0 Å². The second-order valence-corrected chi connectivity index (χ2v) is 8.97. The summed E-state index contributed by atoms with van der Waals surface area (Å²) in [6, 6.07) is 0. The molecule has 0 bridgehead atoms. The maximum Gasteiger partial charge on any atom is 0.305 e. The van der Waals surface area contributed by atoms with Crippen molar-refractivity contribution in [2.75, 3.05) is 6.54 Å². The van der Waals surface area contributed by atoms with Crippen LogP contribution in [0, 0.1) is 11.3 Å². The molecule has 0 spiro atoms. The number of fused-ring (bicyclic) bond motifs is 3. The van der Waals surface area contributed by atoms with Crippen LogP contribution in [0.2, 0.25) is 0 Å². The van der Waals surface area contributed by atoms with Gasteiger partial charge < -0.3 is 15.5 Å². The molecule has 1 atom stereocenters. The van der Waals surface area contributed by atoms with Crippen molar-refractivity contribution < 1.29 is 19.8 Å². The number of aromatic hydroxyl groups is 1. The zero-order valence-electron chi connectivity index (χ0n) is 15.5. The molecule has 2 aromatic heterocycles. The van der Waals surface area contributed by atoms with Gasteiger partial charge in [-0.25, -0.2) is 0 Å². The molecule has 0 radical (unpaired) electrons. The lowest BCUT2D eigenvalue weighted by molar-refractivity contribution is -0.136. The Kier molecular flexibility index (Phi) is 4.98. The third-order valence-electron chi connectivity index (χ3n) is 5.08. The van der Waals surface area contributed by atoms with Crippen LogP contribution in [-0.2, 0) is 17.6 Å². The van der Waals surface area contributed by atoms with Gasteiger partial charge in [0, 0.05) is 17.1 Å². The number of amides is 1. The first-order chi connectivity index (χ1) is 12.6. The molecule has 1 aliphatic rings. The molecule has 3 rings (SSSR count). The molecule has 0 aliphatic heterocycles. The number of nitrogens with one attached hydrogen (secondary N) is 1. The van der Waals surface area contributed by atoms with Gasteiger partial charge in [0.1, 0.15) is 0 Å². The standard InChI is InChI=1S/C18H23N3O5S/c1-18(2,3)9-4-5-10-11(8-9)27-17-20-15(25)13(16(26)21(10)17)14(24)19-7-6-12(22)23/h9,25H,4-8H2,1-3H3,(H,19,24)(H,22,23). The highest BCUT2D eigenvalue weighted by atomic mass is 32.1. The maximum atomic E-state index is 12.9. The van der Waals surface area contributed by atoms with Crippen LogP contribution in [0.15, 0.2) is 4.79 Å². The monoisotopic (exact) mass is 393 g/mol. The van der Waals surface area contributed by atoms with Crippen molar-refractivity contribution >= 4 is 28.2 Å². The summed E-state index contributed by atoms with van der Waals surface area (Å²) in [5, 5.41) is 21.1. The summed E-state index contributed by atoms with van der Waals surface area (Å²) in [7, 11) is 0. The van der Waals surface area contributed by atoms with E-state index in [1.807, 2.05) is 0 Å². The minimum Gasteiger partial charge on any atom is -0.492 e. The molecular formula is C18H23N3O5S. The normalized spacial score (nSPS) is 16.9. The Balaban J connectivity index is 1.99. The predicted octanol–water partition coefficient (Wildman–Crippen LogP) is 1.82. The van der Waals surface area contributed by atoms with Gasteiger partial charge in [-0.1, -0.05) is 20.8 Å². The minimum absolute atomic E-state index is 0.134. The summed E-state index contributed by atoms with van der Waals surface area (Å²) in [5.41, 5.74) is -0.0510. The Morgan fingerprint density at radius 1 is 1.37 bits per heavy atom. The third-order valence-corrected chi connectivity index (χ3v) is 6.18. The number of aliphatic carboxylic acids is 1. The van der Waals surface area contributed by atoms with E-state index in [4.69, 9.17) is 5.11 Å². The number of aryl methyl sites for hydroxylation is 1. The van der Waals surface area contributed by atoms with Crippen molar-refractivity contribution in [3.63, 3.8) is 0 Å². The van der Waals surface area contributed by atoms with Gasteiger partial charge in [0.05, 0.1) is 6.42 Å². The molecule has 9 heteroatoms. The first-order valence-electron chi connectivity index (χ1n) is 8.86. The van der Waals surface area contributed by atoms with Gasteiger partial charge in [-0.05, 0) is 30.6 Å². The van der Waals surface area contributed by atoms with Crippen LogP contribution in [-0.4, -0.2) is 38.0 Å². The molecular weight excluding hydrogens is 370 g/mol. The summed E-state index contributed by atoms with van der Waals surface area (Å²) in [6.07, 6.45) is 2.22. The summed E-state index contributed by atoms with van der Waals surface area (Å²) in [6.45, 7) is 6.47. The average molecular weight is 393 g/mol. The Morgan fingerprint density at radius 3 is 2.70 bits per heavy atom. The van der Waals surface area contributed by atoms with Crippen molar-refractivity contribution in [2.45, 2.75) is 46.5 Å². The van der Waals surface area contributed by atoms with E-state index in [0.29, 0.717) is 17.3 Å². The molecule has 146 valence electrons. The Hall–Kier alpha value is -2.42. The van der Waals surface area contributed by atoms with Gasteiger partial charge in [0.25, 0.3) is 11.5 Å². The second kappa shape index (κ2) is 6.95. The Morgan fingerprint density at radius 2 is 2.07 bits per heavy atom. The zero-order chi connectivity index (χ0) is 19.9. The van der Waals surface area contributed by atoms with Crippen molar-refractivity contribution in [2.24, 2.45) is 11.3 Å². The topological polar surface area (TPSA) is 121 Å². The number of carboxylic acid groups (broad SMARTS) is 1. The van der Waals surface area contributed by atoms with Gasteiger partial charge >= 0.3 is 5.97 Å². The predicted molar refractivity (Wildman–Crippen MR) is 101 cm³/mol. The van der Waals surface area contributed by atoms with E-state index in [0.717, 1.165) is 23.4 Å². The van der Waals surface area contributed by atoms with E-state index < -0.39 is 28.9 Å². The fourth-order valence-electron chi connectivity index (χ4n) is 3.45. The van der Waals surface area contributed by atoms with Gasteiger partial charge in [-0.15, -0.1) is 11.3 Å². The summed E-state index contributed by atoms with van der Waals surface area (Å²) in [5.74, 6) is -2.02. The van der Waals surface area contributed by atoms with E-state index in [2.05, 4.69) is 31.1 Å². The second-order valence-electron chi connectivity index (χ2n) is 7.91. The number of rotatable bonds is 4. The lowest BCUT2D eigenvalue weighted by atomic mass is 9.73. The highest BCUT2D eigenvalue weighted by Gasteiger charge is 2.32. The van der Waals surface area contributed by atoms with Crippen molar-refractivity contribution in [3.8, 4) is 5.88 Å². The molecule has 1 amide bonds. The number of carbonyl (C=O) groups excluding carboxylic acids is 1. The minimum atomic E-state index is -1.06. The Labute approximate surface area is 159 Å². The molecule has 2 heterocycles. The van der Waals surface area contributed by atoms with Crippen LogP contribution in [0.3, 0.4) is 0 Å². The molecule has 8 nitrogen and oxygen atoms in total. The third kappa shape index (κ3) is 3.69. The molecule has 0 fully saturated rings. The molecule has 0 saturated heterocycles. The van der Waals surface area contributed by atoms with Crippen molar-refractivity contribution in [1.29, 1.82) is 0 Å². The van der Waals surface area contributed by atoms with Crippen molar-refractivity contribution in [3.05, 3.63) is 26.5 Å². The molecule has 27 heavy (non-hydrogen) atoms.